The van der Waals surface area contributed by atoms with Gasteiger partial charge in [-0.2, -0.15) is 0 Å². The molecular weight excluding hydrogens is 679 g/mol. The molecule has 2 nitrogen and oxygen atoms in total. The second kappa shape index (κ2) is 14.4. The zero-order chi connectivity index (χ0) is 37.3. The van der Waals surface area contributed by atoms with Crippen molar-refractivity contribution >= 4 is 39.0 Å². The third-order valence-corrected chi connectivity index (χ3v) is 10.7. The van der Waals surface area contributed by atoms with Crippen LogP contribution >= 0.6 is 0 Å². The minimum atomic E-state index is 0.904. The molecule has 0 aliphatic heterocycles. The molecule has 0 spiro atoms. The Morgan fingerprint density at radius 2 is 0.625 bits per heavy atom. The molecule has 0 unspecified atom stereocenters. The van der Waals surface area contributed by atoms with Crippen molar-refractivity contribution in [3.63, 3.8) is 0 Å². The minimum Gasteiger partial charge on any atom is -0.456 e. The van der Waals surface area contributed by atoms with Gasteiger partial charge in [-0.25, -0.2) is 0 Å². The summed E-state index contributed by atoms with van der Waals surface area (Å²) in [5.41, 5.74) is 16.9. The van der Waals surface area contributed by atoms with Crippen LogP contribution in [0.1, 0.15) is 0 Å². The van der Waals surface area contributed by atoms with E-state index in [2.05, 4.69) is 217 Å². The third kappa shape index (κ3) is 6.44. The van der Waals surface area contributed by atoms with E-state index in [-0.39, 0.29) is 0 Å². The number of fused-ring (bicyclic) bond motifs is 3. The molecule has 1 heterocycles. The molecule has 10 rings (SSSR count). The molecule has 0 saturated carbocycles. The zero-order valence-electron chi connectivity index (χ0n) is 30.7. The minimum absolute atomic E-state index is 0.904. The highest BCUT2D eigenvalue weighted by molar-refractivity contribution is 6.06. The second-order valence-electron chi connectivity index (χ2n) is 14.2. The first kappa shape index (κ1) is 33.2. The summed E-state index contributed by atoms with van der Waals surface area (Å²) in [6.45, 7) is 0. The maximum Gasteiger partial charge on any atom is 0.135 e. The Morgan fingerprint density at radius 3 is 1.20 bits per heavy atom. The summed E-state index contributed by atoms with van der Waals surface area (Å²) in [6.07, 6.45) is 0. The fraction of sp³-hybridized carbons (Fsp3) is 0. The summed E-state index contributed by atoms with van der Waals surface area (Å²) in [7, 11) is 0. The number of benzene rings is 9. The fourth-order valence-electron chi connectivity index (χ4n) is 7.82. The van der Waals surface area contributed by atoms with Gasteiger partial charge in [-0.3, -0.25) is 0 Å². The fourth-order valence-corrected chi connectivity index (χ4v) is 7.82. The van der Waals surface area contributed by atoms with Crippen molar-refractivity contribution in [1.29, 1.82) is 0 Å². The zero-order valence-corrected chi connectivity index (χ0v) is 30.7. The highest BCUT2D eigenvalue weighted by Gasteiger charge is 2.16. The summed E-state index contributed by atoms with van der Waals surface area (Å²) in [4.78, 5) is 2.37. The summed E-state index contributed by atoms with van der Waals surface area (Å²) in [5.74, 6) is 0. The summed E-state index contributed by atoms with van der Waals surface area (Å²) >= 11 is 0. The van der Waals surface area contributed by atoms with Crippen LogP contribution in [0.25, 0.3) is 77.6 Å². The molecule has 0 fully saturated rings. The van der Waals surface area contributed by atoms with Crippen LogP contribution in [0.5, 0.6) is 0 Å². The average molecular weight is 716 g/mol. The van der Waals surface area contributed by atoms with Crippen LogP contribution in [0, 0.1) is 0 Å². The average Bonchev–Trinajstić information content (AvgIpc) is 3.66. The van der Waals surface area contributed by atoms with Gasteiger partial charge in [0.25, 0.3) is 0 Å². The van der Waals surface area contributed by atoms with Gasteiger partial charge >= 0.3 is 0 Å². The molecule has 264 valence electrons. The Labute approximate surface area is 327 Å². The quantitative estimate of drug-likeness (QED) is 0.156. The van der Waals surface area contributed by atoms with E-state index in [1.165, 1.54) is 33.4 Å². The topological polar surface area (TPSA) is 16.4 Å². The van der Waals surface area contributed by atoms with Gasteiger partial charge in [0, 0.05) is 27.8 Å². The van der Waals surface area contributed by atoms with E-state index in [0.717, 1.165) is 61.3 Å². The van der Waals surface area contributed by atoms with Crippen LogP contribution in [0.4, 0.5) is 17.1 Å². The van der Waals surface area contributed by atoms with Gasteiger partial charge in [0.15, 0.2) is 0 Å². The van der Waals surface area contributed by atoms with Crippen LogP contribution < -0.4 is 4.90 Å². The molecule has 1 aromatic heterocycles. The Balaban J connectivity index is 1.06. The van der Waals surface area contributed by atoms with Gasteiger partial charge in [0.05, 0.1) is 0 Å². The molecule has 0 saturated heterocycles. The Morgan fingerprint density at radius 1 is 0.232 bits per heavy atom. The molecule has 0 atom stereocenters. The van der Waals surface area contributed by atoms with Gasteiger partial charge in [-0.15, -0.1) is 0 Å². The van der Waals surface area contributed by atoms with Crippen molar-refractivity contribution in [3.05, 3.63) is 224 Å². The van der Waals surface area contributed by atoms with Crippen molar-refractivity contribution in [1.82, 2.24) is 0 Å². The molecule has 0 bridgehead atoms. The number of para-hydroxylation sites is 1. The summed E-state index contributed by atoms with van der Waals surface area (Å²) in [6, 6.07) is 80.2. The SMILES string of the molecule is c1ccc(-c2cccc(-c3cccc(N(c4ccc(-c5ccc6oc7ccccc7c6c5)cc4)c4cccc(-c5cccc(-c6ccccc6)c5)c4)c3)c2)cc1. The van der Waals surface area contributed by atoms with E-state index >= 15 is 0 Å². The van der Waals surface area contributed by atoms with Crippen molar-refractivity contribution in [3.8, 4) is 55.6 Å². The molecule has 0 radical (unpaired) electrons. The van der Waals surface area contributed by atoms with Gasteiger partial charge in [0.2, 0.25) is 0 Å². The van der Waals surface area contributed by atoms with Crippen molar-refractivity contribution in [2.75, 3.05) is 4.90 Å². The van der Waals surface area contributed by atoms with Crippen LogP contribution in [-0.2, 0) is 0 Å². The molecular formula is C54H37NO. The van der Waals surface area contributed by atoms with Crippen LogP contribution in [0.15, 0.2) is 229 Å². The molecule has 10 aromatic rings. The van der Waals surface area contributed by atoms with Gasteiger partial charge in [-0.1, -0.05) is 158 Å². The molecule has 0 amide bonds. The number of anilines is 3. The lowest BCUT2D eigenvalue weighted by atomic mass is 9.97. The van der Waals surface area contributed by atoms with Gasteiger partial charge in [-0.05, 0) is 122 Å². The molecule has 0 aliphatic carbocycles. The summed E-state index contributed by atoms with van der Waals surface area (Å²) in [5, 5.41) is 2.26. The number of hydrogen-bond donors (Lipinski definition) is 0. The Hall–Kier alpha value is -7.42. The second-order valence-corrected chi connectivity index (χ2v) is 14.2. The highest BCUT2D eigenvalue weighted by Crippen LogP contribution is 2.40. The van der Waals surface area contributed by atoms with E-state index in [0.29, 0.717) is 0 Å². The number of nitrogens with zero attached hydrogens (tertiary/aromatic N) is 1. The smallest absolute Gasteiger partial charge is 0.135 e. The van der Waals surface area contributed by atoms with E-state index in [1.807, 2.05) is 12.1 Å². The van der Waals surface area contributed by atoms with Gasteiger partial charge < -0.3 is 9.32 Å². The van der Waals surface area contributed by atoms with Crippen molar-refractivity contribution in [2.45, 2.75) is 0 Å². The predicted octanol–water partition coefficient (Wildman–Crippen LogP) is 15.4. The first-order valence-electron chi connectivity index (χ1n) is 19.1. The van der Waals surface area contributed by atoms with Crippen LogP contribution in [0.2, 0.25) is 0 Å². The standard InChI is InChI=1S/C54H37NO/c1-3-13-38(14-4-1)41-17-9-19-43(33-41)45-21-11-23-49(35-45)55(50-24-12-22-46(36-50)44-20-10-18-42(34-44)39-15-5-2-6-16-39)48-30-27-40(28-31-48)47-29-32-54-52(37-47)51-25-7-8-26-53(51)56-54/h1-37H. The van der Waals surface area contributed by atoms with E-state index in [1.54, 1.807) is 0 Å². The van der Waals surface area contributed by atoms with Crippen molar-refractivity contribution in [2.24, 2.45) is 0 Å². The van der Waals surface area contributed by atoms with E-state index in [9.17, 15) is 0 Å². The third-order valence-electron chi connectivity index (χ3n) is 10.7. The maximum atomic E-state index is 6.13. The highest BCUT2D eigenvalue weighted by atomic mass is 16.3. The van der Waals surface area contributed by atoms with Crippen LogP contribution in [-0.4, -0.2) is 0 Å². The molecule has 0 N–H and O–H groups in total. The molecule has 2 heteroatoms. The van der Waals surface area contributed by atoms with Crippen molar-refractivity contribution < 1.29 is 4.42 Å². The largest absolute Gasteiger partial charge is 0.456 e. The van der Waals surface area contributed by atoms with E-state index in [4.69, 9.17) is 4.42 Å². The Bertz CT molecular complexity index is 2830. The van der Waals surface area contributed by atoms with E-state index < -0.39 is 0 Å². The molecule has 0 aliphatic rings. The summed E-state index contributed by atoms with van der Waals surface area (Å²) < 4.78 is 6.13. The Kier molecular flexibility index (Phi) is 8.55. The number of furan rings is 1. The van der Waals surface area contributed by atoms with Crippen LogP contribution in [0.3, 0.4) is 0 Å². The monoisotopic (exact) mass is 715 g/mol. The number of hydrogen-bond acceptors (Lipinski definition) is 2. The molecule has 56 heavy (non-hydrogen) atoms. The lowest BCUT2D eigenvalue weighted by molar-refractivity contribution is 0.669. The maximum absolute atomic E-state index is 6.13. The first-order valence-corrected chi connectivity index (χ1v) is 19.1. The molecule has 9 aromatic carbocycles. The predicted molar refractivity (Wildman–Crippen MR) is 236 cm³/mol. The number of rotatable bonds is 8. The lowest BCUT2D eigenvalue weighted by Gasteiger charge is -2.27. The first-order chi connectivity index (χ1) is 27.7. The van der Waals surface area contributed by atoms with Gasteiger partial charge in [0.1, 0.15) is 11.2 Å². The normalized spacial score (nSPS) is 11.2. The lowest BCUT2D eigenvalue weighted by Crippen LogP contribution is -2.10.